The van der Waals surface area contributed by atoms with Crippen LogP contribution < -0.4 is 0 Å². The Morgan fingerprint density at radius 3 is 0.846 bits per heavy atom. The molecule has 0 aliphatic rings. The van der Waals surface area contributed by atoms with Crippen LogP contribution in [0.2, 0.25) is 0 Å². The molecule has 0 fully saturated rings. The van der Waals surface area contributed by atoms with Crippen molar-refractivity contribution in [2.24, 2.45) is 0 Å². The van der Waals surface area contributed by atoms with Crippen LogP contribution >= 0.6 is 0 Å². The number of hydrogen-bond donors (Lipinski definition) is 3. The lowest BCUT2D eigenvalue weighted by Gasteiger charge is -2.28. The monoisotopic (exact) mass is 525 g/mol. The maximum Gasteiger partial charge on any atom is 0.0497 e. The quantitative estimate of drug-likeness (QED) is 0.177. The summed E-state index contributed by atoms with van der Waals surface area (Å²) in [5.41, 5.74) is 9.22. The third kappa shape index (κ3) is 7.83. The molecule has 39 heavy (non-hydrogen) atoms. The molecule has 3 N–H and O–H groups in total. The van der Waals surface area contributed by atoms with E-state index in [0.717, 1.165) is 50.1 Å². The van der Waals surface area contributed by atoms with Crippen molar-refractivity contribution in [2.45, 2.75) is 60.0 Å². The summed E-state index contributed by atoms with van der Waals surface area (Å²) in [6, 6.07) is 29.7. The fourth-order valence-corrected chi connectivity index (χ4v) is 5.20. The van der Waals surface area contributed by atoms with Gasteiger partial charge < -0.3 is 15.6 Å². The molecule has 0 aliphatic heterocycles. The molecule has 0 atom stereocenters. The molecule has 0 unspecified atom stereocenters. The SMILES string of the molecule is Cc1c(CN(O)Cc2ccccc2)c(C)c(CN(O)Cc2ccccc2)c(C)c1CN(O)Cc1ccccc1. The van der Waals surface area contributed by atoms with Gasteiger partial charge in [-0.25, -0.2) is 0 Å². The Bertz CT molecular complexity index is 1140. The van der Waals surface area contributed by atoms with Gasteiger partial charge in [0.25, 0.3) is 0 Å². The third-order valence-corrected chi connectivity index (χ3v) is 7.36. The fraction of sp³-hybridized carbons (Fsp3) is 0.273. The van der Waals surface area contributed by atoms with Gasteiger partial charge in [0.05, 0.1) is 0 Å². The van der Waals surface area contributed by atoms with Crippen molar-refractivity contribution in [1.29, 1.82) is 0 Å². The summed E-state index contributed by atoms with van der Waals surface area (Å²) in [6.07, 6.45) is 0. The van der Waals surface area contributed by atoms with Gasteiger partial charge in [0.2, 0.25) is 0 Å². The molecule has 0 amide bonds. The van der Waals surface area contributed by atoms with Gasteiger partial charge in [0, 0.05) is 39.3 Å². The first-order chi connectivity index (χ1) is 18.8. The summed E-state index contributed by atoms with van der Waals surface area (Å²) < 4.78 is 0. The molecule has 4 aromatic rings. The van der Waals surface area contributed by atoms with Crippen molar-refractivity contribution >= 4 is 0 Å². The molecular formula is C33H39N3O3. The van der Waals surface area contributed by atoms with Gasteiger partial charge in [-0.05, 0) is 70.8 Å². The number of hydroxylamine groups is 6. The molecule has 0 heterocycles. The summed E-state index contributed by atoms with van der Waals surface area (Å²) in [4.78, 5) is 0. The number of hydrogen-bond acceptors (Lipinski definition) is 6. The van der Waals surface area contributed by atoms with Gasteiger partial charge in [-0.1, -0.05) is 91.0 Å². The molecule has 0 bridgehead atoms. The summed E-state index contributed by atoms with van der Waals surface area (Å²) in [7, 11) is 0. The molecule has 204 valence electrons. The average molecular weight is 526 g/mol. The van der Waals surface area contributed by atoms with E-state index in [2.05, 4.69) is 20.8 Å². The predicted octanol–water partition coefficient (Wildman–Crippen LogP) is 6.79. The molecule has 0 saturated heterocycles. The molecule has 4 rings (SSSR count). The van der Waals surface area contributed by atoms with E-state index in [-0.39, 0.29) is 0 Å². The summed E-state index contributed by atoms with van der Waals surface area (Å²) in [5.74, 6) is 0. The number of rotatable bonds is 12. The minimum absolute atomic E-state index is 0.334. The van der Waals surface area contributed by atoms with Crippen LogP contribution in [-0.2, 0) is 39.3 Å². The smallest absolute Gasteiger partial charge is 0.0497 e. The predicted molar refractivity (Wildman–Crippen MR) is 153 cm³/mol. The highest BCUT2D eigenvalue weighted by atomic mass is 16.5. The molecule has 0 spiro atoms. The maximum atomic E-state index is 10.9. The third-order valence-electron chi connectivity index (χ3n) is 7.36. The zero-order valence-electron chi connectivity index (χ0n) is 23.1. The van der Waals surface area contributed by atoms with Gasteiger partial charge in [-0.3, -0.25) is 0 Å². The number of nitrogens with zero attached hydrogens (tertiary/aromatic N) is 3. The van der Waals surface area contributed by atoms with Crippen molar-refractivity contribution in [1.82, 2.24) is 15.2 Å². The Kier molecular flexibility index (Phi) is 10.0. The van der Waals surface area contributed by atoms with Crippen LogP contribution in [0.15, 0.2) is 91.0 Å². The molecule has 0 saturated carbocycles. The van der Waals surface area contributed by atoms with E-state index in [4.69, 9.17) is 0 Å². The highest BCUT2D eigenvalue weighted by molar-refractivity contribution is 5.50. The van der Waals surface area contributed by atoms with Crippen LogP contribution in [-0.4, -0.2) is 30.8 Å². The zero-order chi connectivity index (χ0) is 27.8. The van der Waals surface area contributed by atoms with Gasteiger partial charge in [0.1, 0.15) is 0 Å². The average Bonchev–Trinajstić information content (AvgIpc) is 2.93. The first-order valence-corrected chi connectivity index (χ1v) is 13.4. The second-order valence-corrected chi connectivity index (χ2v) is 10.2. The second-order valence-electron chi connectivity index (χ2n) is 10.2. The highest BCUT2D eigenvalue weighted by Crippen LogP contribution is 2.31. The lowest BCUT2D eigenvalue weighted by atomic mass is 9.87. The van der Waals surface area contributed by atoms with Crippen molar-refractivity contribution in [3.63, 3.8) is 0 Å². The number of benzene rings is 4. The van der Waals surface area contributed by atoms with Gasteiger partial charge in [0.15, 0.2) is 0 Å². The summed E-state index contributed by atoms with van der Waals surface area (Å²) in [6.45, 7) is 8.38. The first kappa shape index (κ1) is 28.6. The highest BCUT2D eigenvalue weighted by Gasteiger charge is 2.21. The molecule has 6 nitrogen and oxygen atoms in total. The second kappa shape index (κ2) is 13.6. The van der Waals surface area contributed by atoms with Gasteiger partial charge in [-0.15, -0.1) is 0 Å². The lowest BCUT2D eigenvalue weighted by molar-refractivity contribution is -0.111. The van der Waals surface area contributed by atoms with Crippen LogP contribution in [0.3, 0.4) is 0 Å². The summed E-state index contributed by atoms with van der Waals surface area (Å²) in [5, 5.41) is 36.8. The van der Waals surface area contributed by atoms with Crippen molar-refractivity contribution < 1.29 is 15.6 Å². The fourth-order valence-electron chi connectivity index (χ4n) is 5.20. The minimum atomic E-state index is 0.334. The van der Waals surface area contributed by atoms with E-state index in [1.54, 1.807) is 0 Å². The Morgan fingerprint density at radius 1 is 0.385 bits per heavy atom. The molecule has 0 aromatic heterocycles. The zero-order valence-corrected chi connectivity index (χ0v) is 23.1. The minimum Gasteiger partial charge on any atom is -0.313 e. The first-order valence-electron chi connectivity index (χ1n) is 13.4. The summed E-state index contributed by atoms with van der Waals surface area (Å²) >= 11 is 0. The molecule has 0 radical (unpaired) electrons. The van der Waals surface area contributed by atoms with E-state index in [1.165, 1.54) is 15.2 Å². The van der Waals surface area contributed by atoms with E-state index in [0.29, 0.717) is 39.3 Å². The van der Waals surface area contributed by atoms with Crippen molar-refractivity contribution in [3.05, 3.63) is 141 Å². The molecule has 0 aliphatic carbocycles. The van der Waals surface area contributed by atoms with Crippen molar-refractivity contribution in [3.8, 4) is 0 Å². The largest absolute Gasteiger partial charge is 0.313 e. The van der Waals surface area contributed by atoms with Crippen LogP contribution in [0.25, 0.3) is 0 Å². The van der Waals surface area contributed by atoms with Crippen LogP contribution in [0.4, 0.5) is 0 Å². The van der Waals surface area contributed by atoms with E-state index < -0.39 is 0 Å². The molecular weight excluding hydrogens is 486 g/mol. The van der Waals surface area contributed by atoms with Crippen LogP contribution in [0.5, 0.6) is 0 Å². The van der Waals surface area contributed by atoms with E-state index in [1.807, 2.05) is 91.0 Å². The Morgan fingerprint density at radius 2 is 0.615 bits per heavy atom. The molecule has 4 aromatic carbocycles. The lowest BCUT2D eigenvalue weighted by Crippen LogP contribution is -2.25. The maximum absolute atomic E-state index is 10.9. The Hall–Kier alpha value is -3.36. The van der Waals surface area contributed by atoms with Crippen molar-refractivity contribution in [2.75, 3.05) is 0 Å². The van der Waals surface area contributed by atoms with Gasteiger partial charge in [-0.2, -0.15) is 15.2 Å². The Labute approximate surface area is 231 Å². The topological polar surface area (TPSA) is 70.4 Å². The Balaban J connectivity index is 1.63. The van der Waals surface area contributed by atoms with Gasteiger partial charge >= 0.3 is 0 Å². The van der Waals surface area contributed by atoms with Crippen LogP contribution in [0.1, 0.15) is 50.1 Å². The normalized spacial score (nSPS) is 11.6. The molecule has 6 heteroatoms. The van der Waals surface area contributed by atoms with Crippen LogP contribution in [0, 0.1) is 20.8 Å². The van der Waals surface area contributed by atoms with E-state index >= 15 is 0 Å². The standard InChI is InChI=1S/C33H39N3O3/c1-25-31(22-34(37)19-28-13-7-4-8-14-28)26(2)33(24-36(39)21-30-17-11-6-12-18-30)27(3)32(25)23-35(38)20-29-15-9-5-10-16-29/h4-18,37-39H,19-24H2,1-3H3. The van der Waals surface area contributed by atoms with E-state index in [9.17, 15) is 15.6 Å².